The minimum absolute atomic E-state index is 0.356. The summed E-state index contributed by atoms with van der Waals surface area (Å²) in [6.45, 7) is 8.51. The van der Waals surface area contributed by atoms with Crippen molar-refractivity contribution >= 4 is 29.1 Å². The molecule has 2 rings (SSSR count). The molecule has 0 spiro atoms. The van der Waals surface area contributed by atoms with Crippen molar-refractivity contribution in [1.29, 1.82) is 0 Å². The molecule has 0 radical (unpaired) electrons. The highest BCUT2D eigenvalue weighted by molar-refractivity contribution is 9.10. The molecule has 1 aliphatic heterocycles. The highest BCUT2D eigenvalue weighted by atomic mass is 79.9. The van der Waals surface area contributed by atoms with E-state index >= 15 is 0 Å². The fourth-order valence-electron chi connectivity index (χ4n) is 1.94. The summed E-state index contributed by atoms with van der Waals surface area (Å²) in [5.74, 6) is 0. The molecule has 0 amide bonds. The van der Waals surface area contributed by atoms with Crippen LogP contribution in [0.15, 0.2) is 28.4 Å². The second kappa shape index (κ2) is 5.60. The maximum atomic E-state index is 6.02. The maximum absolute atomic E-state index is 6.02. The zero-order valence-corrected chi connectivity index (χ0v) is 13.9. The van der Waals surface area contributed by atoms with Crippen LogP contribution in [0.4, 0.5) is 0 Å². The molecule has 6 heteroatoms. The maximum Gasteiger partial charge on any atom is 0.491 e. The molecule has 1 aromatic heterocycles. The molecule has 1 aliphatic rings. The Morgan fingerprint density at radius 1 is 1.35 bits per heavy atom. The Balaban J connectivity index is 2.26. The predicted molar refractivity (Wildman–Crippen MR) is 85.1 cm³/mol. The molecule has 20 heavy (non-hydrogen) atoms. The lowest BCUT2D eigenvalue weighted by molar-refractivity contribution is 0.00578. The largest absolute Gasteiger partial charge is 0.491 e. The lowest BCUT2D eigenvalue weighted by Gasteiger charge is -2.32. The molecule has 2 N–H and O–H groups in total. The van der Waals surface area contributed by atoms with E-state index in [1.807, 2.05) is 45.9 Å². The third-order valence-corrected chi connectivity index (χ3v) is 4.33. The van der Waals surface area contributed by atoms with Crippen molar-refractivity contribution in [1.82, 2.24) is 4.98 Å². The monoisotopic (exact) mass is 338 g/mol. The topological polar surface area (TPSA) is 57.4 Å². The minimum atomic E-state index is -0.406. The normalized spacial score (nSPS) is 21.3. The third kappa shape index (κ3) is 3.14. The van der Waals surface area contributed by atoms with Gasteiger partial charge >= 0.3 is 7.12 Å². The van der Waals surface area contributed by atoms with Crippen LogP contribution in [-0.2, 0) is 9.31 Å². The third-order valence-electron chi connectivity index (χ3n) is 3.89. The summed E-state index contributed by atoms with van der Waals surface area (Å²) in [7, 11) is -0.406. The van der Waals surface area contributed by atoms with Gasteiger partial charge in [0, 0.05) is 12.7 Å². The quantitative estimate of drug-likeness (QED) is 0.680. The van der Waals surface area contributed by atoms with Gasteiger partial charge in [-0.1, -0.05) is 6.08 Å². The average Bonchev–Trinajstić information content (AvgIpc) is 2.55. The second-order valence-electron chi connectivity index (χ2n) is 5.92. The fraction of sp³-hybridized carbons (Fsp3) is 0.500. The average molecular weight is 339 g/mol. The first kappa shape index (κ1) is 15.7. The summed E-state index contributed by atoms with van der Waals surface area (Å²) in [6, 6.07) is 3.85. The van der Waals surface area contributed by atoms with E-state index in [9.17, 15) is 0 Å². The van der Waals surface area contributed by atoms with Gasteiger partial charge in [0.25, 0.3) is 0 Å². The molecule has 2 heterocycles. The van der Waals surface area contributed by atoms with E-state index in [0.29, 0.717) is 6.54 Å². The molecule has 108 valence electrons. The number of nitrogens with zero attached hydrogens (tertiary/aromatic N) is 1. The lowest BCUT2D eigenvalue weighted by Crippen LogP contribution is -2.41. The van der Waals surface area contributed by atoms with Gasteiger partial charge in [0.1, 0.15) is 4.60 Å². The number of nitrogens with two attached hydrogens (primary N) is 1. The van der Waals surface area contributed by atoms with Crippen LogP contribution in [0.2, 0.25) is 0 Å². The fourth-order valence-corrected chi connectivity index (χ4v) is 2.32. The van der Waals surface area contributed by atoms with E-state index in [1.165, 1.54) is 0 Å². The van der Waals surface area contributed by atoms with Gasteiger partial charge in [-0.2, -0.15) is 0 Å². The van der Waals surface area contributed by atoms with Gasteiger partial charge in [0.15, 0.2) is 0 Å². The van der Waals surface area contributed by atoms with Crippen molar-refractivity contribution in [2.24, 2.45) is 5.73 Å². The van der Waals surface area contributed by atoms with E-state index in [1.54, 1.807) is 6.20 Å². The minimum Gasteiger partial charge on any atom is -0.400 e. The molecular weight excluding hydrogens is 319 g/mol. The Labute approximate surface area is 129 Å². The molecule has 0 atom stereocenters. The first-order chi connectivity index (χ1) is 9.25. The van der Waals surface area contributed by atoms with E-state index in [4.69, 9.17) is 15.0 Å². The van der Waals surface area contributed by atoms with Crippen molar-refractivity contribution in [3.05, 3.63) is 34.0 Å². The van der Waals surface area contributed by atoms with Gasteiger partial charge in [0.05, 0.1) is 11.2 Å². The Morgan fingerprint density at radius 2 is 1.95 bits per heavy atom. The van der Waals surface area contributed by atoms with Crippen molar-refractivity contribution in [3.8, 4) is 0 Å². The molecule has 0 unspecified atom stereocenters. The van der Waals surface area contributed by atoms with Crippen molar-refractivity contribution < 1.29 is 9.31 Å². The van der Waals surface area contributed by atoms with Crippen LogP contribution in [0, 0.1) is 0 Å². The van der Waals surface area contributed by atoms with E-state index in [-0.39, 0.29) is 11.2 Å². The molecule has 1 fully saturated rings. The van der Waals surface area contributed by atoms with Gasteiger partial charge in [-0.15, -0.1) is 0 Å². The number of hydrogen-bond acceptors (Lipinski definition) is 4. The molecule has 0 bridgehead atoms. The van der Waals surface area contributed by atoms with Gasteiger partial charge in [-0.05, 0) is 66.8 Å². The summed E-state index contributed by atoms with van der Waals surface area (Å²) >= 11 is 3.36. The number of halogens is 1. The summed E-state index contributed by atoms with van der Waals surface area (Å²) < 4.78 is 12.8. The number of hydrogen-bond donors (Lipinski definition) is 1. The van der Waals surface area contributed by atoms with Crippen LogP contribution < -0.4 is 5.73 Å². The highest BCUT2D eigenvalue weighted by Gasteiger charge is 2.52. The second-order valence-corrected chi connectivity index (χ2v) is 6.74. The van der Waals surface area contributed by atoms with Crippen molar-refractivity contribution in [2.45, 2.75) is 38.9 Å². The molecule has 0 aromatic carbocycles. The summed E-state index contributed by atoms with van der Waals surface area (Å²) in [5.41, 5.74) is 7.08. The highest BCUT2D eigenvalue weighted by Crippen LogP contribution is 2.38. The van der Waals surface area contributed by atoms with Crippen LogP contribution in [0.25, 0.3) is 6.08 Å². The standard InChI is InChI=1S/C14H20BBrN2O2/c1-13(2)14(3,4)20-15(19-13)11(9-17)7-10-5-6-18-12(16)8-10/h5-8H,9,17H2,1-4H3. The van der Waals surface area contributed by atoms with Crippen LogP contribution in [-0.4, -0.2) is 29.8 Å². The molecule has 1 saturated heterocycles. The predicted octanol–water partition coefficient (Wildman–Crippen LogP) is 2.82. The Kier molecular flexibility index (Phi) is 4.40. The Bertz CT molecular complexity index is 516. The molecule has 0 saturated carbocycles. The Morgan fingerprint density at radius 3 is 2.45 bits per heavy atom. The molecular formula is C14H20BBrN2O2. The molecule has 1 aromatic rings. The van der Waals surface area contributed by atoms with Crippen LogP contribution in [0.5, 0.6) is 0 Å². The van der Waals surface area contributed by atoms with Gasteiger partial charge in [-0.3, -0.25) is 0 Å². The first-order valence-corrected chi connectivity index (χ1v) is 7.42. The van der Waals surface area contributed by atoms with Crippen LogP contribution in [0.3, 0.4) is 0 Å². The zero-order valence-electron chi connectivity index (χ0n) is 12.3. The van der Waals surface area contributed by atoms with Crippen LogP contribution >= 0.6 is 15.9 Å². The van der Waals surface area contributed by atoms with Crippen LogP contribution in [0.1, 0.15) is 33.3 Å². The van der Waals surface area contributed by atoms with E-state index in [2.05, 4.69) is 20.9 Å². The SMILES string of the molecule is CC1(C)OB(C(=Cc2ccnc(Br)c2)CN)OC1(C)C. The summed E-state index contributed by atoms with van der Waals surface area (Å²) in [6.07, 6.45) is 3.74. The number of pyridine rings is 1. The van der Waals surface area contributed by atoms with E-state index < -0.39 is 7.12 Å². The van der Waals surface area contributed by atoms with Crippen molar-refractivity contribution in [3.63, 3.8) is 0 Å². The van der Waals surface area contributed by atoms with Crippen molar-refractivity contribution in [2.75, 3.05) is 6.54 Å². The smallest absolute Gasteiger partial charge is 0.400 e. The number of aromatic nitrogens is 1. The summed E-state index contributed by atoms with van der Waals surface area (Å²) in [5, 5.41) is 0. The lowest BCUT2D eigenvalue weighted by atomic mass is 9.77. The van der Waals surface area contributed by atoms with E-state index in [0.717, 1.165) is 15.6 Å². The number of rotatable bonds is 3. The Hall–Kier alpha value is -0.685. The summed E-state index contributed by atoms with van der Waals surface area (Å²) in [4.78, 5) is 4.11. The van der Waals surface area contributed by atoms with Gasteiger partial charge in [0.2, 0.25) is 0 Å². The molecule has 0 aliphatic carbocycles. The van der Waals surface area contributed by atoms with Gasteiger partial charge < -0.3 is 15.0 Å². The zero-order chi connectivity index (χ0) is 15.0. The molecule has 4 nitrogen and oxygen atoms in total. The first-order valence-electron chi connectivity index (χ1n) is 6.63. The van der Waals surface area contributed by atoms with Gasteiger partial charge in [-0.25, -0.2) is 4.98 Å².